The number of hydrogen-bond donors (Lipinski definition) is 0. The van der Waals surface area contributed by atoms with Crippen molar-refractivity contribution in [1.82, 2.24) is 5.01 Å². The topological polar surface area (TPSA) is 34.1 Å². The van der Waals surface area contributed by atoms with E-state index in [1.165, 1.54) is 0 Å². The fourth-order valence-corrected chi connectivity index (χ4v) is 4.80. The van der Waals surface area contributed by atoms with Crippen molar-refractivity contribution in [1.29, 1.82) is 0 Å². The minimum atomic E-state index is -0.441. The van der Waals surface area contributed by atoms with Gasteiger partial charge < -0.3 is 9.47 Å². The molecule has 152 valence electrons. The van der Waals surface area contributed by atoms with E-state index in [1.807, 2.05) is 53.5 Å². The molecule has 5 rings (SSSR count). The molecule has 0 radical (unpaired) electrons. The number of fused-ring (bicyclic) bond motifs is 3. The van der Waals surface area contributed by atoms with E-state index in [4.69, 9.17) is 37.8 Å². The smallest absolute Gasteiger partial charge is 0.215 e. The molecule has 0 aromatic heterocycles. The average Bonchev–Trinajstić information content (AvgIpc) is 3.19. The summed E-state index contributed by atoms with van der Waals surface area (Å²) in [4.78, 5) is 0. The molecule has 2 heterocycles. The Bertz CT molecular complexity index is 1150. The highest BCUT2D eigenvalue weighted by molar-refractivity contribution is 9.10. The van der Waals surface area contributed by atoms with Gasteiger partial charge in [0.15, 0.2) is 0 Å². The van der Waals surface area contributed by atoms with Gasteiger partial charge in [-0.1, -0.05) is 45.2 Å². The molecule has 0 spiro atoms. The number of ether oxygens (including phenoxy) is 2. The highest BCUT2D eigenvalue weighted by Gasteiger charge is 2.41. The molecule has 0 unspecified atom stereocenters. The fraction of sp³-hybridized carbons (Fsp3) is 0.174. The number of halogens is 3. The van der Waals surface area contributed by atoms with E-state index < -0.39 is 6.23 Å². The summed E-state index contributed by atoms with van der Waals surface area (Å²) >= 11 is 16.2. The van der Waals surface area contributed by atoms with Crippen molar-refractivity contribution >= 4 is 44.8 Å². The van der Waals surface area contributed by atoms with Crippen LogP contribution >= 0.6 is 39.1 Å². The summed E-state index contributed by atoms with van der Waals surface area (Å²) in [7, 11) is 1.66. The summed E-state index contributed by atoms with van der Waals surface area (Å²) in [5.74, 6) is 1.65. The molecule has 30 heavy (non-hydrogen) atoms. The molecule has 0 aliphatic carbocycles. The van der Waals surface area contributed by atoms with Crippen molar-refractivity contribution in [3.8, 4) is 11.5 Å². The van der Waals surface area contributed by atoms with Crippen molar-refractivity contribution in [2.45, 2.75) is 18.7 Å². The predicted octanol–water partition coefficient (Wildman–Crippen LogP) is 7.01. The molecule has 2 atom stereocenters. The third-order valence-corrected chi connectivity index (χ3v) is 6.46. The SMILES string of the molecule is COc1ccc(C2=NN3[C@H](C2)c2cc(Br)ccc2O[C@H]3c2ccc(Cl)cc2Cl)cc1. The first-order valence-corrected chi connectivity index (χ1v) is 11.0. The van der Waals surface area contributed by atoms with Gasteiger partial charge in [0.25, 0.3) is 0 Å². The summed E-state index contributed by atoms with van der Waals surface area (Å²) in [6.45, 7) is 0. The van der Waals surface area contributed by atoms with E-state index in [-0.39, 0.29) is 6.04 Å². The molecular weight excluding hydrogens is 487 g/mol. The molecule has 4 nitrogen and oxygen atoms in total. The minimum absolute atomic E-state index is 0.0418. The van der Waals surface area contributed by atoms with Crippen LogP contribution in [0, 0.1) is 0 Å². The van der Waals surface area contributed by atoms with Gasteiger partial charge in [-0.15, -0.1) is 0 Å². The lowest BCUT2D eigenvalue weighted by Crippen LogP contribution is -2.33. The molecule has 0 bridgehead atoms. The first kappa shape index (κ1) is 19.7. The van der Waals surface area contributed by atoms with Crippen LogP contribution in [0.5, 0.6) is 11.5 Å². The largest absolute Gasteiger partial charge is 0.497 e. The Morgan fingerprint density at radius 2 is 1.83 bits per heavy atom. The van der Waals surface area contributed by atoms with Crippen LogP contribution in [0.25, 0.3) is 0 Å². The van der Waals surface area contributed by atoms with E-state index in [0.29, 0.717) is 10.0 Å². The molecule has 3 aromatic rings. The van der Waals surface area contributed by atoms with Gasteiger partial charge in [-0.25, -0.2) is 5.01 Å². The molecule has 0 fully saturated rings. The van der Waals surface area contributed by atoms with Crippen molar-refractivity contribution in [3.63, 3.8) is 0 Å². The molecule has 2 aliphatic heterocycles. The maximum Gasteiger partial charge on any atom is 0.215 e. The molecule has 0 saturated carbocycles. The number of hydrogen-bond acceptors (Lipinski definition) is 4. The third kappa shape index (κ3) is 3.45. The number of methoxy groups -OCH3 is 1. The van der Waals surface area contributed by atoms with Crippen LogP contribution in [0.3, 0.4) is 0 Å². The number of rotatable bonds is 3. The van der Waals surface area contributed by atoms with E-state index in [1.54, 1.807) is 13.2 Å². The first-order valence-electron chi connectivity index (χ1n) is 9.45. The molecule has 0 saturated heterocycles. The second-order valence-electron chi connectivity index (χ2n) is 7.19. The molecule has 0 N–H and O–H groups in total. The quantitative estimate of drug-likeness (QED) is 0.385. The van der Waals surface area contributed by atoms with Crippen molar-refractivity contribution in [2.24, 2.45) is 5.10 Å². The van der Waals surface area contributed by atoms with Gasteiger partial charge in [-0.3, -0.25) is 0 Å². The normalized spacial score (nSPS) is 19.6. The molecule has 3 aromatic carbocycles. The monoisotopic (exact) mass is 502 g/mol. The Morgan fingerprint density at radius 1 is 1.03 bits per heavy atom. The summed E-state index contributed by atoms with van der Waals surface area (Å²) in [5.41, 5.74) is 3.98. The Hall–Kier alpha value is -2.21. The minimum Gasteiger partial charge on any atom is -0.497 e. The molecule has 7 heteroatoms. The fourth-order valence-electron chi connectivity index (χ4n) is 3.92. The second-order valence-corrected chi connectivity index (χ2v) is 8.95. The van der Waals surface area contributed by atoms with Gasteiger partial charge in [0.05, 0.1) is 23.9 Å². The van der Waals surface area contributed by atoms with E-state index >= 15 is 0 Å². The van der Waals surface area contributed by atoms with Crippen molar-refractivity contribution < 1.29 is 9.47 Å². The summed E-state index contributed by atoms with van der Waals surface area (Å²) in [6, 6.07) is 19.5. The van der Waals surface area contributed by atoms with Gasteiger partial charge >= 0.3 is 0 Å². The third-order valence-electron chi connectivity index (χ3n) is 5.40. The molecular formula is C23H17BrCl2N2O2. The van der Waals surface area contributed by atoms with Crippen LogP contribution in [0.2, 0.25) is 10.0 Å². The maximum absolute atomic E-state index is 6.53. The van der Waals surface area contributed by atoms with Crippen molar-refractivity contribution in [3.05, 3.63) is 91.9 Å². The average molecular weight is 504 g/mol. The van der Waals surface area contributed by atoms with Gasteiger partial charge in [-0.05, 0) is 60.2 Å². The van der Waals surface area contributed by atoms with Crippen LogP contribution in [0.15, 0.2) is 70.2 Å². The number of benzene rings is 3. The zero-order chi connectivity index (χ0) is 20.8. The highest BCUT2D eigenvalue weighted by Crippen LogP contribution is 2.49. The maximum atomic E-state index is 6.53. The summed E-state index contributed by atoms with van der Waals surface area (Å²) in [5, 5.41) is 8.11. The van der Waals surface area contributed by atoms with Crippen LogP contribution in [0.4, 0.5) is 0 Å². The standard InChI is InChI=1S/C23H17BrCl2N2O2/c1-29-16-6-2-13(3-7-16)20-12-21-18-10-14(24)4-9-22(18)30-23(28(21)27-20)17-8-5-15(25)11-19(17)26/h2-11,21,23H,12H2,1H3/t21-,23+/m1/s1. The second kappa shape index (κ2) is 7.80. The summed E-state index contributed by atoms with van der Waals surface area (Å²) < 4.78 is 12.7. The highest BCUT2D eigenvalue weighted by atomic mass is 79.9. The Labute approximate surface area is 193 Å². The van der Waals surface area contributed by atoms with E-state index in [2.05, 4.69) is 22.0 Å². The predicted molar refractivity (Wildman–Crippen MR) is 123 cm³/mol. The Kier molecular flexibility index (Phi) is 5.13. The molecule has 2 aliphatic rings. The van der Waals surface area contributed by atoms with Gasteiger partial charge in [0.1, 0.15) is 11.5 Å². The van der Waals surface area contributed by atoms with E-state index in [9.17, 15) is 0 Å². The van der Waals surface area contributed by atoms with Crippen LogP contribution in [-0.2, 0) is 0 Å². The number of hydrazone groups is 1. The van der Waals surface area contributed by atoms with Crippen LogP contribution in [-0.4, -0.2) is 17.8 Å². The van der Waals surface area contributed by atoms with E-state index in [0.717, 1.165) is 44.8 Å². The van der Waals surface area contributed by atoms with Gasteiger partial charge in [-0.2, -0.15) is 5.10 Å². The zero-order valence-electron chi connectivity index (χ0n) is 16.0. The van der Waals surface area contributed by atoms with Crippen LogP contribution in [0.1, 0.15) is 35.4 Å². The number of nitrogens with zero attached hydrogens (tertiary/aromatic N) is 2. The lowest BCUT2D eigenvalue weighted by Gasteiger charge is -2.38. The lowest BCUT2D eigenvalue weighted by atomic mass is 9.96. The Balaban J connectivity index is 1.59. The first-order chi connectivity index (χ1) is 14.5. The van der Waals surface area contributed by atoms with Gasteiger partial charge in [0, 0.05) is 27.0 Å². The Morgan fingerprint density at radius 3 is 2.57 bits per heavy atom. The lowest BCUT2D eigenvalue weighted by molar-refractivity contribution is -0.0190. The molecule has 0 amide bonds. The van der Waals surface area contributed by atoms with Gasteiger partial charge in [0.2, 0.25) is 6.23 Å². The van der Waals surface area contributed by atoms with Crippen LogP contribution < -0.4 is 9.47 Å². The zero-order valence-corrected chi connectivity index (χ0v) is 19.1. The van der Waals surface area contributed by atoms with Crippen molar-refractivity contribution in [2.75, 3.05) is 7.11 Å². The summed E-state index contributed by atoms with van der Waals surface area (Å²) in [6.07, 6.45) is 0.324.